The first-order chi connectivity index (χ1) is 16.2. The second-order valence-corrected chi connectivity index (χ2v) is 7.88. The van der Waals surface area contributed by atoms with Crippen LogP contribution in [-0.4, -0.2) is 78.4 Å². The van der Waals surface area contributed by atoms with Gasteiger partial charge in [0.05, 0.1) is 14.2 Å². The SMILES string of the molecule is CN=C(NCc1cccc(-c2ncn[nH]2)c1)N1CCN(Cc2cc(OC)ccc2OC)CC1.I. The number of nitrogens with one attached hydrogen (secondary N) is 2. The van der Waals surface area contributed by atoms with Crippen molar-refractivity contribution in [1.82, 2.24) is 30.3 Å². The molecule has 0 bridgehead atoms. The number of halogens is 1. The Hall–Kier alpha value is -2.86. The molecule has 1 aliphatic rings. The third-order valence-electron chi connectivity index (χ3n) is 5.83. The molecule has 34 heavy (non-hydrogen) atoms. The molecule has 1 aliphatic heterocycles. The molecular weight excluding hydrogens is 545 g/mol. The average molecular weight is 577 g/mol. The van der Waals surface area contributed by atoms with E-state index in [1.807, 2.05) is 31.3 Å². The van der Waals surface area contributed by atoms with Crippen molar-refractivity contribution in [2.24, 2.45) is 4.99 Å². The molecule has 182 valence electrons. The van der Waals surface area contributed by atoms with Gasteiger partial charge in [-0.2, -0.15) is 5.10 Å². The second-order valence-electron chi connectivity index (χ2n) is 7.88. The zero-order valence-electron chi connectivity index (χ0n) is 19.8. The van der Waals surface area contributed by atoms with Crippen LogP contribution in [0, 0.1) is 0 Å². The molecule has 1 saturated heterocycles. The maximum Gasteiger partial charge on any atom is 0.194 e. The molecule has 0 radical (unpaired) electrons. The van der Waals surface area contributed by atoms with Crippen molar-refractivity contribution in [3.05, 3.63) is 59.9 Å². The van der Waals surface area contributed by atoms with E-state index in [0.717, 1.165) is 72.7 Å². The smallest absolute Gasteiger partial charge is 0.194 e. The van der Waals surface area contributed by atoms with Gasteiger partial charge >= 0.3 is 0 Å². The maximum absolute atomic E-state index is 5.54. The van der Waals surface area contributed by atoms with Crippen LogP contribution in [0.3, 0.4) is 0 Å². The summed E-state index contributed by atoms with van der Waals surface area (Å²) in [6.07, 6.45) is 1.52. The summed E-state index contributed by atoms with van der Waals surface area (Å²) in [4.78, 5) is 13.5. The van der Waals surface area contributed by atoms with Crippen molar-refractivity contribution in [3.8, 4) is 22.9 Å². The quantitative estimate of drug-likeness (QED) is 0.254. The molecule has 2 N–H and O–H groups in total. The number of aliphatic imine (C=N–C) groups is 1. The Morgan fingerprint density at radius 2 is 1.91 bits per heavy atom. The molecule has 10 heteroatoms. The number of rotatable bonds is 7. The van der Waals surface area contributed by atoms with Crippen LogP contribution in [0.4, 0.5) is 0 Å². The van der Waals surface area contributed by atoms with Gasteiger partial charge in [0.25, 0.3) is 0 Å². The molecule has 0 atom stereocenters. The lowest BCUT2D eigenvalue weighted by Crippen LogP contribution is -2.52. The van der Waals surface area contributed by atoms with Crippen LogP contribution in [-0.2, 0) is 13.1 Å². The topological polar surface area (TPSA) is 90.9 Å². The minimum Gasteiger partial charge on any atom is -0.497 e. The van der Waals surface area contributed by atoms with Crippen LogP contribution in [0.2, 0.25) is 0 Å². The number of hydrogen-bond donors (Lipinski definition) is 2. The molecule has 2 heterocycles. The molecular formula is C24H32IN7O2. The highest BCUT2D eigenvalue weighted by Crippen LogP contribution is 2.25. The Morgan fingerprint density at radius 1 is 1.09 bits per heavy atom. The molecule has 0 aliphatic carbocycles. The summed E-state index contributed by atoms with van der Waals surface area (Å²) >= 11 is 0. The van der Waals surface area contributed by atoms with E-state index >= 15 is 0 Å². The number of methoxy groups -OCH3 is 2. The Labute approximate surface area is 217 Å². The molecule has 9 nitrogen and oxygen atoms in total. The zero-order valence-corrected chi connectivity index (χ0v) is 22.2. The summed E-state index contributed by atoms with van der Waals surface area (Å²) in [5.41, 5.74) is 3.32. The third kappa shape index (κ3) is 6.38. The zero-order chi connectivity index (χ0) is 23.0. The van der Waals surface area contributed by atoms with E-state index in [1.54, 1.807) is 14.2 Å². The van der Waals surface area contributed by atoms with Crippen molar-refractivity contribution < 1.29 is 9.47 Å². The Kier molecular flexibility index (Phi) is 9.52. The summed E-state index contributed by atoms with van der Waals surface area (Å²) in [6, 6.07) is 14.2. The maximum atomic E-state index is 5.54. The molecule has 2 aromatic carbocycles. The largest absolute Gasteiger partial charge is 0.497 e. The van der Waals surface area contributed by atoms with E-state index in [1.165, 1.54) is 6.33 Å². The fourth-order valence-electron chi connectivity index (χ4n) is 4.05. The van der Waals surface area contributed by atoms with E-state index < -0.39 is 0 Å². The summed E-state index contributed by atoms with van der Waals surface area (Å²) < 4.78 is 10.9. The Balaban J connectivity index is 0.00000324. The third-order valence-corrected chi connectivity index (χ3v) is 5.83. The highest BCUT2D eigenvalue weighted by Gasteiger charge is 2.21. The number of hydrogen-bond acceptors (Lipinski definition) is 6. The van der Waals surface area contributed by atoms with Crippen molar-refractivity contribution in [2.45, 2.75) is 13.1 Å². The predicted molar refractivity (Wildman–Crippen MR) is 144 cm³/mol. The number of nitrogens with zero attached hydrogens (tertiary/aromatic N) is 5. The normalized spacial score (nSPS) is 14.4. The second kappa shape index (κ2) is 12.6. The lowest BCUT2D eigenvalue weighted by atomic mass is 10.1. The molecule has 1 aromatic heterocycles. The van der Waals surface area contributed by atoms with E-state index in [9.17, 15) is 0 Å². The number of piperazine rings is 1. The molecule has 0 amide bonds. The lowest BCUT2D eigenvalue weighted by molar-refractivity contribution is 0.171. The monoisotopic (exact) mass is 577 g/mol. The van der Waals surface area contributed by atoms with E-state index in [-0.39, 0.29) is 24.0 Å². The van der Waals surface area contributed by atoms with Gasteiger partial charge in [-0.15, -0.1) is 24.0 Å². The summed E-state index contributed by atoms with van der Waals surface area (Å²) in [7, 11) is 5.23. The summed E-state index contributed by atoms with van der Waals surface area (Å²) in [5.74, 6) is 3.42. The number of ether oxygens (including phenoxy) is 2. The van der Waals surface area contributed by atoms with Gasteiger partial charge in [0, 0.05) is 57.4 Å². The van der Waals surface area contributed by atoms with Crippen LogP contribution in [0.5, 0.6) is 11.5 Å². The van der Waals surface area contributed by atoms with Gasteiger partial charge in [-0.25, -0.2) is 4.98 Å². The first kappa shape index (κ1) is 25.8. The number of guanidine groups is 1. The highest BCUT2D eigenvalue weighted by molar-refractivity contribution is 14.0. The van der Waals surface area contributed by atoms with Gasteiger partial charge in [0.2, 0.25) is 0 Å². The number of aromatic amines is 1. The van der Waals surface area contributed by atoms with Gasteiger partial charge in [0.15, 0.2) is 11.8 Å². The van der Waals surface area contributed by atoms with E-state index in [4.69, 9.17) is 9.47 Å². The van der Waals surface area contributed by atoms with Gasteiger partial charge in [-0.05, 0) is 29.8 Å². The van der Waals surface area contributed by atoms with Gasteiger partial charge in [-0.1, -0.05) is 18.2 Å². The lowest BCUT2D eigenvalue weighted by Gasteiger charge is -2.36. The number of aromatic nitrogens is 3. The van der Waals surface area contributed by atoms with Crippen LogP contribution in [0.25, 0.3) is 11.4 Å². The van der Waals surface area contributed by atoms with Gasteiger partial charge in [0.1, 0.15) is 17.8 Å². The minimum atomic E-state index is 0. The van der Waals surface area contributed by atoms with Gasteiger partial charge in [-0.3, -0.25) is 15.0 Å². The summed E-state index contributed by atoms with van der Waals surface area (Å²) in [5, 5.41) is 10.3. The van der Waals surface area contributed by atoms with E-state index in [2.05, 4.69) is 53.5 Å². The van der Waals surface area contributed by atoms with E-state index in [0.29, 0.717) is 6.54 Å². The molecule has 1 fully saturated rings. The van der Waals surface area contributed by atoms with Crippen LogP contribution >= 0.6 is 24.0 Å². The predicted octanol–water partition coefficient (Wildman–Crippen LogP) is 3.00. The Bertz CT molecular complexity index is 1070. The van der Waals surface area contributed by atoms with Crippen LogP contribution < -0.4 is 14.8 Å². The number of benzene rings is 2. The molecule has 4 rings (SSSR count). The molecule has 0 unspecified atom stereocenters. The van der Waals surface area contributed by atoms with Crippen LogP contribution in [0.1, 0.15) is 11.1 Å². The first-order valence-corrected chi connectivity index (χ1v) is 11.0. The van der Waals surface area contributed by atoms with Crippen molar-refractivity contribution >= 4 is 29.9 Å². The minimum absolute atomic E-state index is 0. The average Bonchev–Trinajstić information content (AvgIpc) is 3.41. The fraction of sp³-hybridized carbons (Fsp3) is 0.375. The molecule has 0 saturated carbocycles. The first-order valence-electron chi connectivity index (χ1n) is 11.0. The van der Waals surface area contributed by atoms with Gasteiger partial charge < -0.3 is 19.7 Å². The molecule has 0 spiro atoms. The highest BCUT2D eigenvalue weighted by atomic mass is 127. The Morgan fingerprint density at radius 3 is 2.59 bits per heavy atom. The fourth-order valence-corrected chi connectivity index (χ4v) is 4.05. The summed E-state index contributed by atoms with van der Waals surface area (Å²) in [6.45, 7) is 5.22. The molecule has 3 aromatic rings. The van der Waals surface area contributed by atoms with Crippen molar-refractivity contribution in [2.75, 3.05) is 47.4 Å². The van der Waals surface area contributed by atoms with Crippen LogP contribution in [0.15, 0.2) is 53.8 Å². The van der Waals surface area contributed by atoms with Crippen molar-refractivity contribution in [3.63, 3.8) is 0 Å². The number of H-pyrrole nitrogens is 1. The standard InChI is InChI=1S/C24H31N7O2.HI/c1-25-24(26-15-18-5-4-6-19(13-18)23-27-17-28-29-23)31-11-9-30(10-12-31)16-20-14-21(32-2)7-8-22(20)33-3;/h4-8,13-14,17H,9-12,15-16H2,1-3H3,(H,25,26)(H,27,28,29);1H. The van der Waals surface area contributed by atoms with Crippen molar-refractivity contribution in [1.29, 1.82) is 0 Å².